The van der Waals surface area contributed by atoms with Crippen molar-refractivity contribution in [3.8, 4) is 5.75 Å². The van der Waals surface area contributed by atoms with Crippen LogP contribution >= 0.6 is 24.0 Å². The van der Waals surface area contributed by atoms with Crippen molar-refractivity contribution in [2.75, 3.05) is 14.2 Å². The second-order valence-corrected chi connectivity index (χ2v) is 6.58. The zero-order valence-electron chi connectivity index (χ0n) is 16.5. The van der Waals surface area contributed by atoms with Crippen LogP contribution in [0.3, 0.4) is 0 Å². The zero-order valence-corrected chi connectivity index (χ0v) is 18.8. The molecule has 0 radical (unpaired) electrons. The highest BCUT2D eigenvalue weighted by Crippen LogP contribution is 2.21. The van der Waals surface area contributed by atoms with Crippen molar-refractivity contribution in [1.82, 2.24) is 20.2 Å². The largest absolute Gasteiger partial charge is 0.494 e. The Morgan fingerprint density at radius 2 is 2.07 bits per heavy atom. The first-order valence-corrected chi connectivity index (χ1v) is 8.75. The lowest BCUT2D eigenvalue weighted by molar-refractivity contribution is 0.386. The van der Waals surface area contributed by atoms with E-state index in [-0.39, 0.29) is 41.6 Å². The Bertz CT molecular complexity index is 747. The Balaban J connectivity index is 0.00000364. The van der Waals surface area contributed by atoms with Crippen molar-refractivity contribution in [3.63, 3.8) is 0 Å². The van der Waals surface area contributed by atoms with Gasteiger partial charge in [0.05, 0.1) is 19.7 Å². The fraction of sp³-hybridized carbons (Fsp3) is 0.474. The molecule has 0 bridgehead atoms. The molecule has 1 unspecified atom stereocenters. The van der Waals surface area contributed by atoms with Crippen LogP contribution in [-0.4, -0.2) is 29.7 Å². The topological polar surface area (TPSA) is 63.5 Å². The highest BCUT2D eigenvalue weighted by Gasteiger charge is 2.12. The lowest BCUT2D eigenvalue weighted by Crippen LogP contribution is -2.38. The molecule has 0 spiro atoms. The molecule has 1 aromatic heterocycles. The van der Waals surface area contributed by atoms with Gasteiger partial charge in [0.1, 0.15) is 5.82 Å². The van der Waals surface area contributed by atoms with E-state index in [1.54, 1.807) is 19.3 Å². The van der Waals surface area contributed by atoms with Crippen LogP contribution in [0.1, 0.15) is 38.2 Å². The second-order valence-electron chi connectivity index (χ2n) is 6.58. The Morgan fingerprint density at radius 1 is 1.33 bits per heavy atom. The van der Waals surface area contributed by atoms with Crippen LogP contribution in [0, 0.1) is 11.7 Å². The fourth-order valence-corrected chi connectivity index (χ4v) is 2.66. The minimum Gasteiger partial charge on any atom is -0.494 e. The molecule has 150 valence electrons. The molecule has 27 heavy (non-hydrogen) atoms. The number of aromatic nitrogens is 2. The minimum absolute atomic E-state index is 0. The van der Waals surface area contributed by atoms with Gasteiger partial charge in [-0.05, 0) is 30.5 Å². The van der Waals surface area contributed by atoms with E-state index in [0.29, 0.717) is 18.4 Å². The number of imidazole rings is 1. The summed E-state index contributed by atoms with van der Waals surface area (Å²) in [7, 11) is 3.16. The van der Waals surface area contributed by atoms with E-state index in [1.165, 1.54) is 13.2 Å². The normalized spacial score (nSPS) is 12.5. The molecule has 0 saturated heterocycles. The van der Waals surface area contributed by atoms with E-state index in [0.717, 1.165) is 17.9 Å². The first-order valence-electron chi connectivity index (χ1n) is 8.75. The molecule has 2 aromatic rings. The molecule has 8 heteroatoms. The molecule has 2 rings (SSSR count). The number of methoxy groups -OCH3 is 1. The number of nitrogens with zero attached hydrogens (tertiary/aromatic N) is 3. The van der Waals surface area contributed by atoms with Gasteiger partial charge < -0.3 is 19.9 Å². The summed E-state index contributed by atoms with van der Waals surface area (Å²) >= 11 is 0. The van der Waals surface area contributed by atoms with E-state index in [9.17, 15) is 4.39 Å². The predicted molar refractivity (Wildman–Crippen MR) is 117 cm³/mol. The Hall–Kier alpha value is -1.84. The summed E-state index contributed by atoms with van der Waals surface area (Å²) in [5, 5.41) is 6.53. The van der Waals surface area contributed by atoms with Gasteiger partial charge in [-0.3, -0.25) is 4.99 Å². The SMILES string of the molecule is CN=C(NCc1nccn1CC(C)C)NC(C)c1ccc(OC)c(F)c1.I. The summed E-state index contributed by atoms with van der Waals surface area (Å²) in [5.41, 5.74) is 0.813. The summed E-state index contributed by atoms with van der Waals surface area (Å²) in [6, 6.07) is 4.82. The van der Waals surface area contributed by atoms with Crippen LogP contribution in [0.25, 0.3) is 0 Å². The lowest BCUT2D eigenvalue weighted by Gasteiger charge is -2.19. The number of nitrogens with one attached hydrogen (secondary N) is 2. The fourth-order valence-electron chi connectivity index (χ4n) is 2.66. The Kier molecular flexibility index (Phi) is 9.54. The van der Waals surface area contributed by atoms with Crippen LogP contribution < -0.4 is 15.4 Å². The molecule has 0 amide bonds. The zero-order chi connectivity index (χ0) is 19.1. The van der Waals surface area contributed by atoms with Crippen molar-refractivity contribution in [1.29, 1.82) is 0 Å². The highest BCUT2D eigenvalue weighted by atomic mass is 127. The molecule has 6 nitrogen and oxygen atoms in total. The predicted octanol–water partition coefficient (Wildman–Crippen LogP) is 3.73. The van der Waals surface area contributed by atoms with Crippen molar-refractivity contribution in [3.05, 3.63) is 47.8 Å². The number of ether oxygens (including phenoxy) is 1. The average Bonchev–Trinajstić information content (AvgIpc) is 3.04. The van der Waals surface area contributed by atoms with E-state index >= 15 is 0 Å². The van der Waals surface area contributed by atoms with Crippen molar-refractivity contribution in [2.24, 2.45) is 10.9 Å². The molecular formula is C19H29FIN5O. The number of hydrogen-bond acceptors (Lipinski definition) is 3. The van der Waals surface area contributed by atoms with Gasteiger partial charge in [0.2, 0.25) is 0 Å². The number of guanidine groups is 1. The van der Waals surface area contributed by atoms with E-state index in [1.807, 2.05) is 19.2 Å². The maximum Gasteiger partial charge on any atom is 0.191 e. The maximum absolute atomic E-state index is 13.9. The smallest absolute Gasteiger partial charge is 0.191 e. The molecule has 1 aromatic carbocycles. The number of halogens is 2. The Labute approximate surface area is 177 Å². The standard InChI is InChI=1S/C19H28FN5O.HI/c1-13(2)12-25-9-8-22-18(25)11-23-19(21-4)24-14(3)15-6-7-17(26-5)16(20)10-15;/h6-10,13-14H,11-12H2,1-5H3,(H2,21,23,24);1H. The number of rotatable bonds is 7. The number of benzene rings is 1. The van der Waals surface area contributed by atoms with Gasteiger partial charge in [0.15, 0.2) is 17.5 Å². The molecular weight excluding hydrogens is 460 g/mol. The minimum atomic E-state index is -0.377. The second kappa shape index (κ2) is 11.1. The van der Waals surface area contributed by atoms with Crippen molar-refractivity contribution >= 4 is 29.9 Å². The van der Waals surface area contributed by atoms with Gasteiger partial charge in [0.25, 0.3) is 0 Å². The van der Waals surface area contributed by atoms with Crippen LogP contribution in [0.4, 0.5) is 4.39 Å². The van der Waals surface area contributed by atoms with Gasteiger partial charge in [-0.25, -0.2) is 9.37 Å². The van der Waals surface area contributed by atoms with Crippen LogP contribution in [0.5, 0.6) is 5.75 Å². The highest BCUT2D eigenvalue weighted by molar-refractivity contribution is 14.0. The summed E-state index contributed by atoms with van der Waals surface area (Å²) < 4.78 is 21.0. The third kappa shape index (κ3) is 6.67. The van der Waals surface area contributed by atoms with Gasteiger partial charge in [-0.15, -0.1) is 24.0 Å². The van der Waals surface area contributed by atoms with Gasteiger partial charge in [0, 0.05) is 26.0 Å². The summed E-state index contributed by atoms with van der Waals surface area (Å²) in [6.45, 7) is 7.78. The molecule has 0 aliphatic carbocycles. The molecule has 1 atom stereocenters. The third-order valence-corrected chi connectivity index (χ3v) is 4.03. The van der Waals surface area contributed by atoms with Crippen LogP contribution in [0.15, 0.2) is 35.6 Å². The van der Waals surface area contributed by atoms with Crippen LogP contribution in [0.2, 0.25) is 0 Å². The first-order chi connectivity index (χ1) is 12.4. The van der Waals surface area contributed by atoms with Gasteiger partial charge >= 0.3 is 0 Å². The molecule has 0 saturated carbocycles. The average molecular weight is 489 g/mol. The van der Waals surface area contributed by atoms with Crippen molar-refractivity contribution in [2.45, 2.75) is 39.9 Å². The van der Waals surface area contributed by atoms with Gasteiger partial charge in [-0.1, -0.05) is 19.9 Å². The first kappa shape index (κ1) is 23.2. The van der Waals surface area contributed by atoms with Gasteiger partial charge in [-0.2, -0.15) is 0 Å². The number of aliphatic imine (C=N–C) groups is 1. The quantitative estimate of drug-likeness (QED) is 0.354. The monoisotopic (exact) mass is 489 g/mol. The molecule has 1 heterocycles. The molecule has 0 aliphatic heterocycles. The Morgan fingerprint density at radius 3 is 2.67 bits per heavy atom. The van der Waals surface area contributed by atoms with E-state index < -0.39 is 0 Å². The van der Waals surface area contributed by atoms with E-state index in [4.69, 9.17) is 4.74 Å². The maximum atomic E-state index is 13.9. The van der Waals surface area contributed by atoms with Crippen LogP contribution in [-0.2, 0) is 13.1 Å². The molecule has 0 fully saturated rings. The van der Waals surface area contributed by atoms with Crippen molar-refractivity contribution < 1.29 is 9.13 Å². The lowest BCUT2D eigenvalue weighted by atomic mass is 10.1. The number of hydrogen-bond donors (Lipinski definition) is 2. The summed E-state index contributed by atoms with van der Waals surface area (Å²) in [6.07, 6.45) is 3.79. The third-order valence-electron chi connectivity index (χ3n) is 4.03. The molecule has 2 N–H and O–H groups in total. The molecule has 0 aliphatic rings. The van der Waals surface area contributed by atoms with E-state index in [2.05, 4.69) is 39.0 Å². The summed E-state index contributed by atoms with van der Waals surface area (Å²) in [4.78, 5) is 8.64. The summed E-state index contributed by atoms with van der Waals surface area (Å²) in [5.74, 6) is 1.99.